The predicted molar refractivity (Wildman–Crippen MR) is 87.0 cm³/mol. The quantitative estimate of drug-likeness (QED) is 0.653. The van der Waals surface area contributed by atoms with Crippen LogP contribution in [0.1, 0.15) is 31.4 Å². The van der Waals surface area contributed by atoms with Gasteiger partial charge in [-0.15, -0.1) is 11.6 Å². The Bertz CT molecular complexity index is 533. The van der Waals surface area contributed by atoms with Gasteiger partial charge in [0, 0.05) is 25.6 Å². The Morgan fingerprint density at radius 2 is 2.00 bits per heavy atom. The van der Waals surface area contributed by atoms with E-state index >= 15 is 0 Å². The van der Waals surface area contributed by atoms with Crippen LogP contribution in [0, 0.1) is 0 Å². The van der Waals surface area contributed by atoms with Crippen molar-refractivity contribution in [1.82, 2.24) is 4.31 Å². The Kier molecular flexibility index (Phi) is 7.66. The lowest BCUT2D eigenvalue weighted by molar-refractivity contribution is 0.167. The molecule has 1 aromatic carbocycles. The van der Waals surface area contributed by atoms with Crippen molar-refractivity contribution in [1.29, 1.82) is 0 Å². The molecule has 6 heteroatoms. The van der Waals surface area contributed by atoms with Gasteiger partial charge in [0.15, 0.2) is 0 Å². The minimum atomic E-state index is -3.37. The molecule has 1 atom stereocenters. The normalized spacial score (nSPS) is 13.6. The molecule has 0 aliphatic heterocycles. The fraction of sp³-hybridized carbons (Fsp3) is 0.600. The molecule has 0 spiro atoms. The highest BCUT2D eigenvalue weighted by Crippen LogP contribution is 2.17. The minimum Gasteiger partial charge on any atom is -0.383 e. The van der Waals surface area contributed by atoms with Crippen molar-refractivity contribution >= 4 is 21.6 Å². The molecule has 1 rings (SSSR count). The molecular weight excluding hydrogens is 310 g/mol. The number of sulfonamides is 1. The molecular formula is C15H24ClNO3S. The Labute approximate surface area is 133 Å². The lowest BCUT2D eigenvalue weighted by Crippen LogP contribution is -2.41. The van der Waals surface area contributed by atoms with Crippen LogP contribution in [0.15, 0.2) is 24.3 Å². The number of ether oxygens (including phenoxy) is 1. The molecule has 0 amide bonds. The molecule has 0 bridgehead atoms. The van der Waals surface area contributed by atoms with E-state index in [1.165, 1.54) is 4.31 Å². The molecule has 0 N–H and O–H groups in total. The highest BCUT2D eigenvalue weighted by Gasteiger charge is 2.26. The Morgan fingerprint density at radius 1 is 1.33 bits per heavy atom. The van der Waals surface area contributed by atoms with Crippen molar-refractivity contribution in [3.05, 3.63) is 35.4 Å². The van der Waals surface area contributed by atoms with Gasteiger partial charge in [-0.1, -0.05) is 31.2 Å². The van der Waals surface area contributed by atoms with Crippen LogP contribution in [0.2, 0.25) is 0 Å². The largest absolute Gasteiger partial charge is 0.383 e. The van der Waals surface area contributed by atoms with Gasteiger partial charge in [-0.3, -0.25) is 0 Å². The zero-order valence-electron chi connectivity index (χ0n) is 12.9. The van der Waals surface area contributed by atoms with Gasteiger partial charge in [0.2, 0.25) is 10.0 Å². The average molecular weight is 334 g/mol. The molecule has 21 heavy (non-hydrogen) atoms. The zero-order valence-corrected chi connectivity index (χ0v) is 14.5. The van der Waals surface area contributed by atoms with Crippen molar-refractivity contribution < 1.29 is 13.2 Å². The molecule has 0 aromatic heterocycles. The fourth-order valence-electron chi connectivity index (χ4n) is 2.11. The third-order valence-corrected chi connectivity index (χ3v) is 5.71. The number of rotatable bonds is 9. The van der Waals surface area contributed by atoms with Gasteiger partial charge < -0.3 is 4.74 Å². The van der Waals surface area contributed by atoms with E-state index in [2.05, 4.69) is 0 Å². The van der Waals surface area contributed by atoms with Gasteiger partial charge >= 0.3 is 0 Å². The molecule has 1 aromatic rings. The average Bonchev–Trinajstić information content (AvgIpc) is 2.46. The minimum absolute atomic E-state index is 0.00815. The van der Waals surface area contributed by atoms with E-state index in [-0.39, 0.29) is 11.8 Å². The van der Waals surface area contributed by atoms with Gasteiger partial charge in [-0.2, -0.15) is 4.31 Å². The maximum Gasteiger partial charge on any atom is 0.218 e. The summed E-state index contributed by atoms with van der Waals surface area (Å²) >= 11 is 5.80. The Hall–Kier alpha value is -0.620. The van der Waals surface area contributed by atoms with E-state index in [1.807, 2.05) is 38.1 Å². The summed E-state index contributed by atoms with van der Waals surface area (Å²) in [4.78, 5) is 0. The molecule has 0 saturated heterocycles. The molecule has 1 unspecified atom stereocenters. The topological polar surface area (TPSA) is 46.6 Å². The summed E-state index contributed by atoms with van der Waals surface area (Å²) in [5, 5.41) is 0. The van der Waals surface area contributed by atoms with Crippen LogP contribution >= 0.6 is 11.6 Å². The van der Waals surface area contributed by atoms with Gasteiger partial charge in [0.05, 0.1) is 12.4 Å². The molecule has 4 nitrogen and oxygen atoms in total. The number of nitrogens with zero attached hydrogens (tertiary/aromatic N) is 1. The number of halogens is 1. The lowest BCUT2D eigenvalue weighted by Gasteiger charge is -2.27. The van der Waals surface area contributed by atoms with E-state index in [0.29, 0.717) is 19.0 Å². The summed E-state index contributed by atoms with van der Waals surface area (Å²) in [6.07, 6.45) is 0.769. The Balaban J connectivity index is 2.94. The highest BCUT2D eigenvalue weighted by molar-refractivity contribution is 7.88. The van der Waals surface area contributed by atoms with Crippen LogP contribution in [0.5, 0.6) is 0 Å². The summed E-state index contributed by atoms with van der Waals surface area (Å²) < 4.78 is 31.8. The monoisotopic (exact) mass is 333 g/mol. The fourth-order valence-corrected chi connectivity index (χ4v) is 4.10. The first-order chi connectivity index (χ1) is 9.94. The molecule has 0 heterocycles. The molecule has 120 valence electrons. The SMILES string of the molecule is CCC(C)N(CCOC)S(=O)(=O)Cc1cccc(CCl)c1. The van der Waals surface area contributed by atoms with Crippen LogP contribution in [0.4, 0.5) is 0 Å². The van der Waals surface area contributed by atoms with Crippen LogP contribution in [0.3, 0.4) is 0 Å². The van der Waals surface area contributed by atoms with Crippen LogP contribution in [0.25, 0.3) is 0 Å². The molecule has 0 fully saturated rings. The zero-order chi connectivity index (χ0) is 15.9. The van der Waals surface area contributed by atoms with E-state index < -0.39 is 10.0 Å². The smallest absolute Gasteiger partial charge is 0.218 e. The molecule has 0 aliphatic rings. The Morgan fingerprint density at radius 3 is 2.57 bits per heavy atom. The summed E-state index contributed by atoms with van der Waals surface area (Å²) in [6, 6.07) is 7.35. The summed E-state index contributed by atoms with van der Waals surface area (Å²) in [7, 11) is -1.80. The molecule has 0 saturated carbocycles. The van der Waals surface area contributed by atoms with Crippen molar-refractivity contribution in [2.75, 3.05) is 20.3 Å². The number of hydrogen-bond donors (Lipinski definition) is 0. The third kappa shape index (κ3) is 5.58. The standard InChI is InChI=1S/C15H24ClNO3S/c1-4-13(2)17(8-9-20-3)21(18,19)12-15-7-5-6-14(10-15)11-16/h5-7,10,13H,4,8-9,11-12H2,1-3H3. The van der Waals surface area contributed by atoms with E-state index in [0.717, 1.165) is 17.5 Å². The number of alkyl halides is 1. The van der Waals surface area contributed by atoms with E-state index in [4.69, 9.17) is 16.3 Å². The van der Waals surface area contributed by atoms with Gasteiger partial charge in [0.25, 0.3) is 0 Å². The summed E-state index contributed by atoms with van der Waals surface area (Å²) in [5.41, 5.74) is 1.69. The maximum absolute atomic E-state index is 12.6. The molecule has 0 radical (unpaired) electrons. The van der Waals surface area contributed by atoms with E-state index in [1.54, 1.807) is 7.11 Å². The summed E-state index contributed by atoms with van der Waals surface area (Å²) in [6.45, 7) is 4.67. The number of benzene rings is 1. The van der Waals surface area contributed by atoms with Gasteiger partial charge in [-0.25, -0.2) is 8.42 Å². The van der Waals surface area contributed by atoms with Crippen molar-refractivity contribution in [3.8, 4) is 0 Å². The second kappa shape index (κ2) is 8.73. The van der Waals surface area contributed by atoms with Crippen molar-refractivity contribution in [3.63, 3.8) is 0 Å². The predicted octanol–water partition coefficient (Wildman–Crippen LogP) is 3.00. The van der Waals surface area contributed by atoms with Crippen LogP contribution in [-0.4, -0.2) is 39.0 Å². The van der Waals surface area contributed by atoms with Gasteiger partial charge in [-0.05, 0) is 24.5 Å². The third-order valence-electron chi connectivity index (χ3n) is 3.45. The first-order valence-corrected chi connectivity index (χ1v) is 9.21. The van der Waals surface area contributed by atoms with Crippen molar-refractivity contribution in [2.45, 2.75) is 37.9 Å². The van der Waals surface area contributed by atoms with Crippen LogP contribution < -0.4 is 0 Å². The number of methoxy groups -OCH3 is 1. The van der Waals surface area contributed by atoms with Gasteiger partial charge in [0.1, 0.15) is 0 Å². The second-order valence-corrected chi connectivity index (χ2v) is 7.26. The molecule has 0 aliphatic carbocycles. The first-order valence-electron chi connectivity index (χ1n) is 7.06. The first kappa shape index (κ1) is 18.4. The van der Waals surface area contributed by atoms with Crippen LogP contribution in [-0.2, 0) is 26.4 Å². The highest BCUT2D eigenvalue weighted by atomic mass is 35.5. The lowest BCUT2D eigenvalue weighted by atomic mass is 10.2. The summed E-state index contributed by atoms with van der Waals surface area (Å²) in [5.74, 6) is 0.373. The van der Waals surface area contributed by atoms with E-state index in [9.17, 15) is 8.42 Å². The van der Waals surface area contributed by atoms with Crippen molar-refractivity contribution in [2.24, 2.45) is 0 Å². The second-order valence-electron chi connectivity index (χ2n) is 5.07. The maximum atomic E-state index is 12.6. The number of hydrogen-bond acceptors (Lipinski definition) is 3.